The molecule has 6 aliphatic heterocycles. The number of nitrogens with zero attached hydrogens (tertiary/aromatic N) is 14. The molecule has 9 aromatic rings. The number of ether oxygens (including phenoxy) is 6. The van der Waals surface area contributed by atoms with E-state index in [1.807, 2.05) is 0 Å². The van der Waals surface area contributed by atoms with Gasteiger partial charge in [-0.2, -0.15) is 15.0 Å². The Morgan fingerprint density at radius 3 is 1.23 bits per heavy atom. The molecule has 0 radical (unpaired) electrons. The molecule has 9 aromatic heterocycles. The van der Waals surface area contributed by atoms with Crippen LogP contribution < -0.4 is 81.8 Å². The predicted molar refractivity (Wildman–Crippen MR) is 451 cm³/mol. The zero-order valence-corrected chi connectivity index (χ0v) is 76.6. The van der Waals surface area contributed by atoms with Crippen molar-refractivity contribution in [2.45, 2.75) is 183 Å². The molecule has 0 aliphatic carbocycles. The minimum Gasteiger partial charge on any atom is -0.780 e. The highest BCUT2D eigenvalue weighted by molar-refractivity contribution is 8.32. The summed E-state index contributed by atoms with van der Waals surface area (Å²) in [6.45, 7) is -26.0. The van der Waals surface area contributed by atoms with E-state index in [0.717, 1.165) is 20.8 Å². The molecule has 0 aromatic carbocycles. The van der Waals surface area contributed by atoms with Gasteiger partial charge in [-0.3, -0.25) is 71.1 Å². The van der Waals surface area contributed by atoms with E-state index in [1.165, 1.54) is 71.4 Å². The van der Waals surface area contributed by atoms with Crippen molar-refractivity contribution in [3.8, 4) is 0 Å². The van der Waals surface area contributed by atoms with Crippen molar-refractivity contribution in [3.05, 3.63) is 133 Å². The van der Waals surface area contributed by atoms with Gasteiger partial charge in [-0.1, -0.05) is 54.2 Å². The van der Waals surface area contributed by atoms with Crippen LogP contribution in [0.4, 0.5) is 23.5 Å². The third-order valence-corrected chi connectivity index (χ3v) is 30.4. The molecule has 6 aliphatic rings. The van der Waals surface area contributed by atoms with Crippen LogP contribution in [0.2, 0.25) is 0 Å². The average Bonchev–Trinajstić information content (AvgIpc) is 1.64. The Morgan fingerprint density at radius 2 is 0.795 bits per heavy atom. The second-order valence-corrected chi connectivity index (χ2v) is 45.8. The molecule has 12 unspecified atom stereocenters. The van der Waals surface area contributed by atoms with Gasteiger partial charge in [0.2, 0.25) is 11.9 Å². The lowest BCUT2D eigenvalue weighted by Gasteiger charge is -2.36. The number of aromatic amines is 4. The van der Waals surface area contributed by atoms with Crippen molar-refractivity contribution in [1.29, 1.82) is 0 Å². The molecule has 127 heavy (non-hydrogen) atoms. The third-order valence-electron chi connectivity index (χ3n) is 20.9. The van der Waals surface area contributed by atoms with Crippen molar-refractivity contribution < 1.29 is 112 Å². The van der Waals surface area contributed by atoms with Crippen molar-refractivity contribution >= 4 is 169 Å². The van der Waals surface area contributed by atoms with Crippen LogP contribution in [0.3, 0.4) is 0 Å². The fourth-order valence-corrected chi connectivity index (χ4v) is 23.1. The van der Waals surface area contributed by atoms with Crippen LogP contribution in [0.1, 0.15) is 106 Å². The van der Waals surface area contributed by atoms with Crippen LogP contribution in [0.5, 0.6) is 0 Å². The number of rotatable bonds is 35. The summed E-state index contributed by atoms with van der Waals surface area (Å²) in [5, 5.41) is 0. The van der Waals surface area contributed by atoms with Gasteiger partial charge in [0.15, 0.2) is 40.6 Å². The average molecular weight is 2000 g/mol. The van der Waals surface area contributed by atoms with Crippen LogP contribution in [0, 0.1) is 20.8 Å². The van der Waals surface area contributed by atoms with Crippen LogP contribution in [0.25, 0.3) is 33.5 Å². The molecule has 692 valence electrons. The highest BCUT2D eigenvalue weighted by Gasteiger charge is 2.49. The molecule has 6 saturated heterocycles. The van der Waals surface area contributed by atoms with Crippen molar-refractivity contribution in [2.75, 3.05) is 63.1 Å². The molecule has 0 amide bonds. The molecule has 0 spiro atoms. The number of H-pyrrole nitrogens is 4. The SMILES string of the molecule is CC[C@H]1O[C@@H](n2cc(C)c(=O)[nH]c2=O)CC1OP([O-])(=S)OC[C@H]1O[C@@H](n2cc(C)c(=O)[nH]c2=O)CC1OP(=O)([S-])OC[C@H]1O[C@@H](n2cnc3c(=O)[nH]c(N)nc32)CC1OP(O)(=S)OC[C@H]1O[C@@H](n2cnc3c(=O)[nH]c(N)nc32)CC1OP([O-])(=S)OC[C@H]1O[C@@H](n2cc(C)c(N)nc2=O)CC1OP([O-])(=S)OC[C@H]1O[C@@H](n2cnc3c(N)ncnc32)CC1OP([O-])(=S)OC. The summed E-state index contributed by atoms with van der Waals surface area (Å²) in [7, 11) is 1.07. The topological polar surface area (TPSA) is 715 Å². The number of fused-ring (bicyclic) bond motifs is 3. The standard InChI is InChI=1S/C62H82N22O31P6S6/c1-6-28-29(7-40(104-28)80-14-26(3)54(85)77-61(80)90)111-117(93,123)99-17-37-32(9-42(106-37)81-15-27(4)55(86)78-62(81)91)113-119(95,125)102-19-38-34(12-45(108-38)84-24-71-48-53(84)74-59(66)76-57(48)88)115-121(97,127)103-20-39-33(11-44(109-39)83-23-70-47-52(83)73-58(65)75-56(47)87)114-120(96,126)101-18-36-31(8-41(105-36)79-13-25(2)49(63)72-60(79)89)112-118(94,124)100-16-35-30(110-116(92,122)98-5)10-43(107-35)82-22-69-46-50(64)67-21-68-51(46)82/h13-15,21-24,28-45H,6-12,16-20H2,1-5H3,(H,92,122)(H,93,123)(H,94,124)(H,95,125)(H,96,126)(H,97,127)(H2,63,72,89)(H2,64,67,68)(H,77,85,90)(H,78,86,91)(H3,65,73,75,87)(H3,66,74,76,88)/p-5/t28-,29?,30?,31?,32?,33?,34?,35-,36-,37-,38-,39-,40-,41-,42-,43-,44-,45-,116?,117?,118?,119?,120?,121?/m1/s1. The Labute approximate surface area is 742 Å². The van der Waals surface area contributed by atoms with E-state index >= 15 is 0 Å². The summed E-state index contributed by atoms with van der Waals surface area (Å²) in [5.74, 6) is -0.716. The monoisotopic (exact) mass is 2000 g/mol. The molecular formula is C62H77N22O31P6S6-5. The fraction of sp³-hybridized carbons (Fsp3) is 0.565. The van der Waals surface area contributed by atoms with Crippen molar-refractivity contribution in [2.24, 2.45) is 0 Å². The molecule has 6 fully saturated rings. The number of nitrogens with one attached hydrogen (secondary N) is 4. The molecule has 0 bridgehead atoms. The van der Waals surface area contributed by atoms with Gasteiger partial charge < -0.3 is 142 Å². The summed E-state index contributed by atoms with van der Waals surface area (Å²) in [4.78, 5) is 202. The number of hydrogen-bond acceptors (Lipinski definition) is 48. The quantitative estimate of drug-likeness (QED) is 0.0155. The fourth-order valence-electron chi connectivity index (χ4n) is 14.8. The van der Waals surface area contributed by atoms with E-state index in [2.05, 4.69) is 59.8 Å². The minimum absolute atomic E-state index is 0.0585. The maximum Gasteiger partial charge on any atom is 0.351 e. The highest BCUT2D eigenvalue weighted by Crippen LogP contribution is 2.56. The Bertz CT molecular complexity index is 6460. The molecular weight excluding hydrogens is 1930 g/mol. The van der Waals surface area contributed by atoms with Gasteiger partial charge >= 0.3 is 23.8 Å². The Morgan fingerprint density at radius 1 is 0.441 bits per heavy atom. The number of nitrogen functional groups attached to an aromatic ring is 4. The molecule has 53 nitrogen and oxygen atoms in total. The minimum atomic E-state index is -4.96. The molecule has 0 saturated carbocycles. The van der Waals surface area contributed by atoms with E-state index in [1.54, 1.807) is 13.8 Å². The number of aryl methyl sites for hydroxylation is 3. The number of nitrogens with two attached hydrogens (primary N) is 4. The van der Waals surface area contributed by atoms with Crippen LogP contribution >= 0.6 is 40.4 Å². The van der Waals surface area contributed by atoms with Crippen molar-refractivity contribution in [1.82, 2.24) is 87.2 Å². The Balaban J connectivity index is 0.649. The largest absolute Gasteiger partial charge is 0.780 e. The van der Waals surface area contributed by atoms with E-state index in [-0.39, 0.29) is 113 Å². The second-order valence-electron chi connectivity index (χ2n) is 29.4. The first-order chi connectivity index (χ1) is 59.9. The Hall–Kier alpha value is -6.40. The first kappa shape index (κ1) is 95.2. The van der Waals surface area contributed by atoms with Crippen LogP contribution in [-0.2, 0) is 159 Å². The van der Waals surface area contributed by atoms with E-state index in [0.29, 0.717) is 5.56 Å². The second kappa shape index (κ2) is 37.9. The lowest BCUT2D eigenvalue weighted by atomic mass is 10.1. The number of hydrogen-bond donors (Lipinski definition) is 9. The van der Waals surface area contributed by atoms with Gasteiger partial charge in [0, 0.05) is 80.9 Å². The summed E-state index contributed by atoms with van der Waals surface area (Å²) in [5.41, 5.74) is 18.9. The van der Waals surface area contributed by atoms with Crippen LogP contribution in [0.15, 0.2) is 77.5 Å². The molecule has 24 atom stereocenters. The van der Waals surface area contributed by atoms with Gasteiger partial charge in [0.1, 0.15) is 112 Å². The van der Waals surface area contributed by atoms with E-state index < -0.39 is 223 Å². The van der Waals surface area contributed by atoms with Gasteiger partial charge in [-0.25, -0.2) is 39.3 Å². The lowest BCUT2D eigenvalue weighted by Crippen LogP contribution is -2.34. The number of aromatic nitrogens is 18. The van der Waals surface area contributed by atoms with Crippen molar-refractivity contribution in [3.63, 3.8) is 0 Å². The molecule has 65 heteroatoms. The first-order valence-corrected chi connectivity index (χ1v) is 53.3. The molecule has 15 heterocycles. The summed E-state index contributed by atoms with van der Waals surface area (Å²) >= 11 is 32.6. The van der Waals surface area contributed by atoms with E-state index in [9.17, 15) is 62.6 Å². The highest BCUT2D eigenvalue weighted by atomic mass is 32.7. The van der Waals surface area contributed by atoms with Gasteiger partial charge in [0.25, 0.3) is 22.2 Å². The summed E-state index contributed by atoms with van der Waals surface area (Å²) in [6.07, 6.45) is -16.0. The molecule has 15 rings (SSSR count). The number of anilines is 4. The third kappa shape index (κ3) is 21.8. The first-order valence-electron chi connectivity index (χ1n) is 37.9. The van der Waals surface area contributed by atoms with Gasteiger partial charge in [-0.15, -0.1) is 0 Å². The zero-order chi connectivity index (χ0) is 91.1. The number of imidazole rings is 3. The van der Waals surface area contributed by atoms with Gasteiger partial charge in [-0.05, 0) is 39.0 Å². The zero-order valence-electron chi connectivity index (χ0n) is 66.3. The lowest BCUT2D eigenvalue weighted by molar-refractivity contribution is -0.220. The normalized spacial score (nSPS) is 29.2. The maximum absolute atomic E-state index is 14.9. The van der Waals surface area contributed by atoms with E-state index in [4.69, 9.17) is 177 Å². The summed E-state index contributed by atoms with van der Waals surface area (Å²) in [6, 6.07) is 0. The van der Waals surface area contributed by atoms with Crippen LogP contribution in [-0.4, -0.2) is 205 Å². The predicted octanol–water partition coefficient (Wildman–Crippen LogP) is -1.91. The maximum atomic E-state index is 14.9. The molecule has 13 N–H and O–H groups in total. The summed E-state index contributed by atoms with van der Waals surface area (Å²) < 4.78 is 130. The smallest absolute Gasteiger partial charge is 0.351 e. The van der Waals surface area contributed by atoms with Gasteiger partial charge in [0.05, 0.1) is 94.7 Å². The Kier molecular flexibility index (Phi) is 28.4.